The molecule has 22 heavy (non-hydrogen) atoms. The third-order valence-corrected chi connectivity index (χ3v) is 5.20. The summed E-state index contributed by atoms with van der Waals surface area (Å²) in [4.78, 5) is 25.3. The van der Waals surface area contributed by atoms with E-state index in [0.29, 0.717) is 11.8 Å². The first-order valence-corrected chi connectivity index (χ1v) is 8.85. The van der Waals surface area contributed by atoms with Crippen LogP contribution in [0.3, 0.4) is 0 Å². The number of piperidine rings is 1. The van der Waals surface area contributed by atoms with Gasteiger partial charge in [0.05, 0.1) is 6.04 Å². The maximum Gasteiger partial charge on any atom is 0.239 e. The summed E-state index contributed by atoms with van der Waals surface area (Å²) in [6.45, 7) is 3.83. The highest BCUT2D eigenvalue weighted by molar-refractivity contribution is 5.81. The number of likely N-dealkylation sites (tertiary alicyclic amines) is 1. The van der Waals surface area contributed by atoms with Crippen molar-refractivity contribution in [1.29, 1.82) is 0 Å². The van der Waals surface area contributed by atoms with Crippen molar-refractivity contribution >= 4 is 11.8 Å². The number of amides is 2. The minimum absolute atomic E-state index is 0.0213. The summed E-state index contributed by atoms with van der Waals surface area (Å²) in [5.41, 5.74) is 6.16. The van der Waals surface area contributed by atoms with Crippen LogP contribution in [0.2, 0.25) is 0 Å². The van der Waals surface area contributed by atoms with E-state index in [2.05, 4.69) is 5.32 Å². The van der Waals surface area contributed by atoms with Crippen LogP contribution in [-0.2, 0) is 9.59 Å². The molecule has 0 aromatic heterocycles. The van der Waals surface area contributed by atoms with Crippen LogP contribution in [-0.4, -0.2) is 42.4 Å². The molecule has 1 heterocycles. The second-order valence-corrected chi connectivity index (χ2v) is 7.05. The number of carbonyl (C=O) groups excluding carboxylic acids is 2. The summed E-state index contributed by atoms with van der Waals surface area (Å²) in [6, 6.07) is -0.324. The van der Waals surface area contributed by atoms with Crippen LogP contribution in [0.15, 0.2) is 0 Å². The van der Waals surface area contributed by atoms with E-state index >= 15 is 0 Å². The van der Waals surface area contributed by atoms with Crippen molar-refractivity contribution in [1.82, 2.24) is 10.2 Å². The van der Waals surface area contributed by atoms with Gasteiger partial charge in [-0.3, -0.25) is 9.59 Å². The summed E-state index contributed by atoms with van der Waals surface area (Å²) in [5.74, 6) is 1.28. The maximum atomic E-state index is 12.5. The van der Waals surface area contributed by atoms with Gasteiger partial charge < -0.3 is 16.0 Å². The molecule has 2 aliphatic rings. The smallest absolute Gasteiger partial charge is 0.239 e. The molecule has 2 amide bonds. The van der Waals surface area contributed by atoms with Crippen molar-refractivity contribution in [3.8, 4) is 0 Å². The molecule has 1 saturated carbocycles. The SMILES string of the molecule is CC(=O)NCC1CCN(C(=O)C(N)CC2CCCCC2)CC1. The Bertz CT molecular complexity index is 372. The monoisotopic (exact) mass is 309 g/mol. The van der Waals surface area contributed by atoms with Gasteiger partial charge in [0.25, 0.3) is 0 Å². The van der Waals surface area contributed by atoms with E-state index in [0.717, 1.165) is 38.9 Å². The van der Waals surface area contributed by atoms with Gasteiger partial charge in [0.15, 0.2) is 0 Å². The molecule has 2 rings (SSSR count). The Balaban J connectivity index is 1.70. The molecule has 1 saturated heterocycles. The Labute approximate surface area is 134 Å². The first-order valence-electron chi connectivity index (χ1n) is 8.85. The highest BCUT2D eigenvalue weighted by atomic mass is 16.2. The molecule has 0 spiro atoms. The largest absolute Gasteiger partial charge is 0.356 e. The van der Waals surface area contributed by atoms with Crippen LogP contribution in [0, 0.1) is 11.8 Å². The second-order valence-electron chi connectivity index (χ2n) is 7.05. The van der Waals surface area contributed by atoms with Crippen molar-refractivity contribution in [2.75, 3.05) is 19.6 Å². The maximum absolute atomic E-state index is 12.5. The van der Waals surface area contributed by atoms with Crippen molar-refractivity contribution < 1.29 is 9.59 Å². The average molecular weight is 309 g/mol. The molecule has 126 valence electrons. The number of carbonyl (C=O) groups is 2. The molecule has 3 N–H and O–H groups in total. The van der Waals surface area contributed by atoms with Gasteiger partial charge in [-0.05, 0) is 31.1 Å². The fraction of sp³-hybridized carbons (Fsp3) is 0.882. The van der Waals surface area contributed by atoms with E-state index in [4.69, 9.17) is 5.73 Å². The van der Waals surface area contributed by atoms with E-state index in [-0.39, 0.29) is 17.9 Å². The summed E-state index contributed by atoms with van der Waals surface area (Å²) in [5, 5.41) is 2.87. The fourth-order valence-electron chi connectivity index (χ4n) is 3.76. The van der Waals surface area contributed by atoms with Crippen LogP contribution in [0.4, 0.5) is 0 Å². The van der Waals surface area contributed by atoms with Gasteiger partial charge in [-0.15, -0.1) is 0 Å². The topological polar surface area (TPSA) is 75.4 Å². The average Bonchev–Trinajstić information content (AvgIpc) is 2.53. The van der Waals surface area contributed by atoms with Gasteiger partial charge >= 0.3 is 0 Å². The third-order valence-electron chi connectivity index (χ3n) is 5.20. The molecule has 0 bridgehead atoms. The predicted octanol–water partition coefficient (Wildman–Crippen LogP) is 1.66. The van der Waals surface area contributed by atoms with Crippen LogP contribution in [0.5, 0.6) is 0 Å². The second kappa shape index (κ2) is 8.51. The van der Waals surface area contributed by atoms with E-state index < -0.39 is 0 Å². The van der Waals surface area contributed by atoms with Gasteiger partial charge in [0.2, 0.25) is 11.8 Å². The highest BCUT2D eigenvalue weighted by Gasteiger charge is 2.28. The van der Waals surface area contributed by atoms with Gasteiger partial charge in [-0.25, -0.2) is 0 Å². The first kappa shape index (κ1) is 17.3. The summed E-state index contributed by atoms with van der Waals surface area (Å²) >= 11 is 0. The van der Waals surface area contributed by atoms with Gasteiger partial charge in [-0.1, -0.05) is 32.1 Å². The van der Waals surface area contributed by atoms with E-state index in [1.54, 1.807) is 6.92 Å². The van der Waals surface area contributed by atoms with Crippen molar-refractivity contribution in [3.05, 3.63) is 0 Å². The molecule has 1 unspecified atom stereocenters. The lowest BCUT2D eigenvalue weighted by molar-refractivity contribution is -0.134. The standard InChI is InChI=1S/C17H31N3O2/c1-13(21)19-12-15-7-9-20(10-8-15)17(22)16(18)11-14-5-3-2-4-6-14/h14-16H,2-12,18H2,1H3,(H,19,21). The molecule has 1 atom stereocenters. The third kappa shape index (κ3) is 5.27. The van der Waals surface area contributed by atoms with Crippen LogP contribution in [0.25, 0.3) is 0 Å². The molecule has 0 radical (unpaired) electrons. The lowest BCUT2D eigenvalue weighted by Gasteiger charge is -2.34. The number of hydrogen-bond acceptors (Lipinski definition) is 3. The molecule has 5 nitrogen and oxygen atoms in total. The van der Waals surface area contributed by atoms with E-state index in [9.17, 15) is 9.59 Å². The minimum Gasteiger partial charge on any atom is -0.356 e. The number of nitrogens with two attached hydrogens (primary N) is 1. The van der Waals surface area contributed by atoms with Crippen molar-refractivity contribution in [2.45, 2.75) is 64.3 Å². The highest BCUT2D eigenvalue weighted by Crippen LogP contribution is 2.27. The minimum atomic E-state index is -0.324. The lowest BCUT2D eigenvalue weighted by Crippen LogP contribution is -2.48. The summed E-state index contributed by atoms with van der Waals surface area (Å²) in [7, 11) is 0. The van der Waals surface area contributed by atoms with Crippen LogP contribution in [0.1, 0.15) is 58.3 Å². The number of nitrogens with zero attached hydrogens (tertiary/aromatic N) is 1. The molecule has 0 aromatic carbocycles. The molecule has 1 aliphatic heterocycles. The Morgan fingerprint density at radius 3 is 2.32 bits per heavy atom. The molecule has 5 heteroatoms. The number of rotatable bonds is 5. The molecule has 0 aromatic rings. The van der Waals surface area contributed by atoms with Crippen molar-refractivity contribution in [2.24, 2.45) is 17.6 Å². The Hall–Kier alpha value is -1.10. The fourth-order valence-corrected chi connectivity index (χ4v) is 3.76. The van der Waals surface area contributed by atoms with Crippen LogP contribution < -0.4 is 11.1 Å². The Morgan fingerprint density at radius 1 is 1.09 bits per heavy atom. The zero-order valence-electron chi connectivity index (χ0n) is 13.9. The van der Waals surface area contributed by atoms with Gasteiger partial charge in [-0.2, -0.15) is 0 Å². The first-order chi connectivity index (χ1) is 10.6. The predicted molar refractivity (Wildman–Crippen MR) is 87.2 cm³/mol. The summed E-state index contributed by atoms with van der Waals surface area (Å²) < 4.78 is 0. The molecular weight excluding hydrogens is 278 g/mol. The quantitative estimate of drug-likeness (QED) is 0.811. The van der Waals surface area contributed by atoms with Gasteiger partial charge in [0, 0.05) is 26.6 Å². The van der Waals surface area contributed by atoms with Crippen molar-refractivity contribution in [3.63, 3.8) is 0 Å². The molecule has 1 aliphatic carbocycles. The van der Waals surface area contributed by atoms with E-state index in [1.807, 2.05) is 4.90 Å². The van der Waals surface area contributed by atoms with E-state index in [1.165, 1.54) is 32.1 Å². The number of nitrogens with one attached hydrogen (secondary N) is 1. The lowest BCUT2D eigenvalue weighted by atomic mass is 9.84. The molecular formula is C17H31N3O2. The summed E-state index contributed by atoms with van der Waals surface area (Å²) in [6.07, 6.45) is 9.16. The Morgan fingerprint density at radius 2 is 1.73 bits per heavy atom. The number of hydrogen-bond donors (Lipinski definition) is 2. The van der Waals surface area contributed by atoms with Crippen LogP contribution >= 0.6 is 0 Å². The normalized spacial score (nSPS) is 22.4. The zero-order chi connectivity index (χ0) is 15.9. The Kier molecular flexibility index (Phi) is 6.68. The zero-order valence-corrected chi connectivity index (χ0v) is 13.9. The molecule has 2 fully saturated rings. The van der Waals surface area contributed by atoms with Gasteiger partial charge in [0.1, 0.15) is 0 Å².